The number of piperazine rings is 1. The van der Waals surface area contributed by atoms with Crippen LogP contribution in [0.4, 0.5) is 11.4 Å². The molecular weight excluding hydrogens is 384 g/mol. The minimum absolute atomic E-state index is 0.0252. The molecule has 8 nitrogen and oxygen atoms in total. The van der Waals surface area contributed by atoms with Gasteiger partial charge < -0.3 is 15.1 Å². The van der Waals surface area contributed by atoms with E-state index in [4.69, 9.17) is 0 Å². The lowest BCUT2D eigenvalue weighted by molar-refractivity contribution is -0.384. The van der Waals surface area contributed by atoms with Gasteiger partial charge in [-0.1, -0.05) is 19.3 Å². The maximum Gasteiger partial charge on any atom is 0.269 e. The quantitative estimate of drug-likeness (QED) is 0.570. The number of hydrogen-bond donors (Lipinski definition) is 1. The van der Waals surface area contributed by atoms with Crippen LogP contribution in [0.5, 0.6) is 0 Å². The van der Waals surface area contributed by atoms with Crippen LogP contribution in [0.2, 0.25) is 0 Å². The van der Waals surface area contributed by atoms with Gasteiger partial charge in [-0.2, -0.15) is 0 Å². The number of hydrogen-bond acceptors (Lipinski definition) is 5. The molecule has 0 unspecified atom stereocenters. The second-order valence-electron chi connectivity index (χ2n) is 8.91. The van der Waals surface area contributed by atoms with E-state index < -0.39 is 10.3 Å². The maximum atomic E-state index is 13.5. The molecule has 30 heavy (non-hydrogen) atoms. The standard InChI is InChI=1S/C22H30N4O4/c27-20(23-17-4-5-17)16-22(10-2-1-3-11-22)21(28)25-14-12-24(13-15-25)18-6-8-19(9-7-18)26(29)30/h6-9,17H,1-5,10-16H2,(H,23,27). The highest BCUT2D eigenvalue weighted by Crippen LogP contribution is 2.41. The van der Waals surface area contributed by atoms with Crippen LogP contribution in [0.3, 0.4) is 0 Å². The minimum Gasteiger partial charge on any atom is -0.368 e. The predicted octanol–water partition coefficient (Wildman–Crippen LogP) is 2.86. The Hall–Kier alpha value is -2.64. The van der Waals surface area contributed by atoms with Gasteiger partial charge in [-0.3, -0.25) is 19.7 Å². The third-order valence-corrected chi connectivity index (χ3v) is 6.70. The molecule has 2 amide bonds. The lowest BCUT2D eigenvalue weighted by atomic mass is 9.70. The molecule has 3 aliphatic rings. The van der Waals surface area contributed by atoms with Crippen LogP contribution in [-0.4, -0.2) is 53.9 Å². The van der Waals surface area contributed by atoms with Crippen molar-refractivity contribution >= 4 is 23.2 Å². The molecule has 0 bridgehead atoms. The zero-order valence-electron chi connectivity index (χ0n) is 17.3. The number of carbonyl (C=O) groups excluding carboxylic acids is 2. The third kappa shape index (κ3) is 4.57. The van der Waals surface area contributed by atoms with Gasteiger partial charge in [0.2, 0.25) is 11.8 Å². The van der Waals surface area contributed by atoms with Crippen molar-refractivity contribution in [3.05, 3.63) is 34.4 Å². The van der Waals surface area contributed by atoms with Gasteiger partial charge in [-0.25, -0.2) is 0 Å². The number of rotatable bonds is 6. The normalized spacial score (nSPS) is 21.2. The van der Waals surface area contributed by atoms with Crippen molar-refractivity contribution in [2.45, 2.75) is 57.4 Å². The SMILES string of the molecule is O=C(CC1(C(=O)N2CCN(c3ccc([N+](=O)[O-])cc3)CC2)CCCCC1)NC1CC1. The van der Waals surface area contributed by atoms with E-state index in [1.54, 1.807) is 12.1 Å². The van der Waals surface area contributed by atoms with Gasteiger partial charge in [0.05, 0.1) is 10.3 Å². The van der Waals surface area contributed by atoms with Crippen LogP contribution in [0, 0.1) is 15.5 Å². The van der Waals surface area contributed by atoms with E-state index in [-0.39, 0.29) is 17.5 Å². The zero-order valence-corrected chi connectivity index (χ0v) is 17.3. The zero-order chi connectivity index (χ0) is 21.1. The summed E-state index contributed by atoms with van der Waals surface area (Å²) in [6, 6.07) is 6.88. The van der Waals surface area contributed by atoms with Crippen LogP contribution in [0.15, 0.2) is 24.3 Å². The molecule has 8 heteroatoms. The minimum atomic E-state index is -0.549. The lowest BCUT2D eigenvalue weighted by Crippen LogP contribution is -2.54. The van der Waals surface area contributed by atoms with Gasteiger partial charge >= 0.3 is 0 Å². The molecule has 1 aromatic rings. The Morgan fingerprint density at radius 2 is 1.67 bits per heavy atom. The van der Waals surface area contributed by atoms with Crippen LogP contribution >= 0.6 is 0 Å². The third-order valence-electron chi connectivity index (χ3n) is 6.70. The fourth-order valence-corrected chi connectivity index (χ4v) is 4.80. The summed E-state index contributed by atoms with van der Waals surface area (Å²) in [5.41, 5.74) is 0.465. The molecule has 1 aliphatic heterocycles. The first-order valence-corrected chi connectivity index (χ1v) is 11.0. The predicted molar refractivity (Wildman–Crippen MR) is 113 cm³/mol. The number of amides is 2. The summed E-state index contributed by atoms with van der Waals surface area (Å²) in [5.74, 6) is 0.161. The number of nitrogens with zero attached hydrogens (tertiary/aromatic N) is 3. The lowest BCUT2D eigenvalue weighted by Gasteiger charge is -2.43. The average Bonchev–Trinajstić information content (AvgIpc) is 3.58. The Kier molecular flexibility index (Phi) is 5.92. The first-order valence-electron chi connectivity index (χ1n) is 11.0. The number of carbonyl (C=O) groups is 2. The van der Waals surface area contributed by atoms with Crippen molar-refractivity contribution in [3.8, 4) is 0 Å². The first kappa shape index (κ1) is 20.6. The Labute approximate surface area is 176 Å². The number of non-ortho nitro benzene ring substituents is 1. The van der Waals surface area contributed by atoms with Crippen LogP contribution in [-0.2, 0) is 9.59 Å². The molecule has 1 aromatic carbocycles. The molecule has 4 rings (SSSR count). The molecular formula is C22H30N4O4. The van der Waals surface area contributed by atoms with Crippen molar-refractivity contribution in [2.24, 2.45) is 5.41 Å². The summed E-state index contributed by atoms with van der Waals surface area (Å²) in [6.07, 6.45) is 7.15. The fraction of sp³-hybridized carbons (Fsp3) is 0.636. The molecule has 2 saturated carbocycles. The highest BCUT2D eigenvalue weighted by atomic mass is 16.6. The summed E-state index contributed by atoms with van der Waals surface area (Å²) in [4.78, 5) is 40.6. The molecule has 2 aliphatic carbocycles. The largest absolute Gasteiger partial charge is 0.368 e. The highest BCUT2D eigenvalue weighted by Gasteiger charge is 2.44. The van der Waals surface area contributed by atoms with Gasteiger partial charge in [0.15, 0.2) is 0 Å². The molecule has 0 atom stereocenters. The van der Waals surface area contributed by atoms with E-state index in [1.807, 2.05) is 4.90 Å². The summed E-state index contributed by atoms with van der Waals surface area (Å²) < 4.78 is 0. The van der Waals surface area contributed by atoms with Crippen LogP contribution < -0.4 is 10.2 Å². The topological polar surface area (TPSA) is 95.8 Å². The number of nitro benzene ring substituents is 1. The van der Waals surface area contributed by atoms with E-state index in [9.17, 15) is 19.7 Å². The molecule has 1 saturated heterocycles. The van der Waals surface area contributed by atoms with Gasteiger partial charge in [0, 0.05) is 56.5 Å². The van der Waals surface area contributed by atoms with E-state index >= 15 is 0 Å². The van der Waals surface area contributed by atoms with Gasteiger partial charge in [-0.05, 0) is 37.8 Å². The second-order valence-corrected chi connectivity index (χ2v) is 8.91. The molecule has 162 valence electrons. The van der Waals surface area contributed by atoms with Gasteiger partial charge in [0.1, 0.15) is 0 Å². The molecule has 0 spiro atoms. The molecule has 0 aromatic heterocycles. The van der Waals surface area contributed by atoms with Crippen molar-refractivity contribution in [1.82, 2.24) is 10.2 Å². The Morgan fingerprint density at radius 1 is 1.03 bits per heavy atom. The van der Waals surface area contributed by atoms with E-state index in [0.29, 0.717) is 38.6 Å². The number of anilines is 1. The van der Waals surface area contributed by atoms with Crippen molar-refractivity contribution < 1.29 is 14.5 Å². The van der Waals surface area contributed by atoms with E-state index in [1.165, 1.54) is 12.1 Å². The summed E-state index contributed by atoms with van der Waals surface area (Å²) >= 11 is 0. The van der Waals surface area contributed by atoms with E-state index in [0.717, 1.165) is 50.6 Å². The highest BCUT2D eigenvalue weighted by molar-refractivity contribution is 5.89. The molecule has 0 radical (unpaired) electrons. The summed E-state index contributed by atoms with van der Waals surface area (Å²) in [7, 11) is 0. The van der Waals surface area contributed by atoms with Crippen molar-refractivity contribution in [1.29, 1.82) is 0 Å². The van der Waals surface area contributed by atoms with Crippen molar-refractivity contribution in [3.63, 3.8) is 0 Å². The Bertz CT molecular complexity index is 792. The fourth-order valence-electron chi connectivity index (χ4n) is 4.80. The number of benzene rings is 1. The van der Waals surface area contributed by atoms with Crippen LogP contribution in [0.1, 0.15) is 51.4 Å². The van der Waals surface area contributed by atoms with Gasteiger partial charge in [-0.15, -0.1) is 0 Å². The van der Waals surface area contributed by atoms with Crippen molar-refractivity contribution in [2.75, 3.05) is 31.1 Å². The Balaban J connectivity index is 1.38. The average molecular weight is 415 g/mol. The number of nitrogens with one attached hydrogen (secondary N) is 1. The van der Waals surface area contributed by atoms with Crippen LogP contribution in [0.25, 0.3) is 0 Å². The maximum absolute atomic E-state index is 13.5. The smallest absolute Gasteiger partial charge is 0.269 e. The molecule has 3 fully saturated rings. The second kappa shape index (κ2) is 8.62. The number of nitro groups is 1. The Morgan fingerprint density at radius 3 is 2.23 bits per heavy atom. The van der Waals surface area contributed by atoms with Gasteiger partial charge in [0.25, 0.3) is 5.69 Å². The summed E-state index contributed by atoms with van der Waals surface area (Å²) in [5, 5.41) is 13.9. The summed E-state index contributed by atoms with van der Waals surface area (Å²) in [6.45, 7) is 2.60. The molecule has 1 N–H and O–H groups in total. The van der Waals surface area contributed by atoms with E-state index in [2.05, 4.69) is 10.2 Å². The monoisotopic (exact) mass is 414 g/mol. The first-order chi connectivity index (χ1) is 14.5. The molecule has 1 heterocycles.